The standard InChI is InChI=1S/C14H12BrCl2NO2S/c1-9(10-5-6-13(16)14(17)7-10)18-21(19,20)12-4-2-3-11(15)8-12/h2-9,18H,1H3. The number of rotatable bonds is 4. The van der Waals surface area contributed by atoms with Crippen LogP contribution in [0.1, 0.15) is 18.5 Å². The Bertz CT molecular complexity index is 765. The van der Waals surface area contributed by atoms with Crippen LogP contribution in [0.15, 0.2) is 51.8 Å². The van der Waals surface area contributed by atoms with Crippen LogP contribution in [-0.2, 0) is 10.0 Å². The molecule has 0 radical (unpaired) electrons. The van der Waals surface area contributed by atoms with Crippen LogP contribution in [0.2, 0.25) is 10.0 Å². The van der Waals surface area contributed by atoms with E-state index >= 15 is 0 Å². The van der Waals surface area contributed by atoms with Gasteiger partial charge in [0.05, 0.1) is 14.9 Å². The van der Waals surface area contributed by atoms with Crippen molar-refractivity contribution in [2.24, 2.45) is 0 Å². The highest BCUT2D eigenvalue weighted by Crippen LogP contribution is 2.26. The van der Waals surface area contributed by atoms with Crippen LogP contribution in [0.25, 0.3) is 0 Å². The van der Waals surface area contributed by atoms with Gasteiger partial charge in [-0.15, -0.1) is 0 Å². The summed E-state index contributed by atoms with van der Waals surface area (Å²) >= 11 is 15.1. The SMILES string of the molecule is CC(NS(=O)(=O)c1cccc(Br)c1)c1ccc(Cl)c(Cl)c1. The highest BCUT2D eigenvalue weighted by Gasteiger charge is 2.19. The maximum Gasteiger partial charge on any atom is 0.241 e. The molecule has 2 aromatic rings. The minimum absolute atomic E-state index is 0.198. The van der Waals surface area contributed by atoms with E-state index in [2.05, 4.69) is 20.7 Å². The lowest BCUT2D eigenvalue weighted by atomic mass is 10.1. The van der Waals surface area contributed by atoms with Gasteiger partial charge >= 0.3 is 0 Å². The zero-order chi connectivity index (χ0) is 15.6. The fourth-order valence-corrected chi connectivity index (χ4v) is 3.92. The highest BCUT2D eigenvalue weighted by atomic mass is 79.9. The van der Waals surface area contributed by atoms with E-state index in [1.807, 2.05) is 0 Å². The minimum atomic E-state index is -3.61. The molecule has 0 heterocycles. The summed E-state index contributed by atoms with van der Waals surface area (Å²) < 4.78 is 28.0. The number of hydrogen-bond donors (Lipinski definition) is 1. The number of nitrogens with one attached hydrogen (secondary N) is 1. The van der Waals surface area contributed by atoms with Gasteiger partial charge in [0.1, 0.15) is 0 Å². The molecule has 2 rings (SSSR count). The molecule has 1 atom stereocenters. The maximum absolute atomic E-state index is 12.3. The Kier molecular flexibility index (Phi) is 5.33. The second-order valence-corrected chi connectivity index (χ2v) is 7.92. The number of halogens is 3. The normalized spacial score (nSPS) is 13.1. The van der Waals surface area contributed by atoms with Crippen molar-refractivity contribution in [2.45, 2.75) is 17.9 Å². The van der Waals surface area contributed by atoms with Crippen molar-refractivity contribution in [1.82, 2.24) is 4.72 Å². The summed E-state index contributed by atoms with van der Waals surface area (Å²) in [7, 11) is -3.61. The summed E-state index contributed by atoms with van der Waals surface area (Å²) in [5, 5.41) is 0.824. The van der Waals surface area contributed by atoms with Crippen molar-refractivity contribution in [1.29, 1.82) is 0 Å². The fourth-order valence-electron chi connectivity index (χ4n) is 1.78. The number of benzene rings is 2. The molecule has 0 aliphatic rings. The monoisotopic (exact) mass is 407 g/mol. The molecule has 0 aromatic heterocycles. The van der Waals surface area contributed by atoms with Gasteiger partial charge in [-0.25, -0.2) is 13.1 Å². The molecule has 0 saturated carbocycles. The van der Waals surface area contributed by atoms with Gasteiger partial charge in [0.25, 0.3) is 0 Å². The van der Waals surface area contributed by atoms with Crippen LogP contribution < -0.4 is 4.72 Å². The van der Waals surface area contributed by atoms with Crippen LogP contribution in [-0.4, -0.2) is 8.42 Å². The average molecular weight is 409 g/mol. The summed E-state index contributed by atoms with van der Waals surface area (Å²) in [6.45, 7) is 1.75. The molecule has 2 aromatic carbocycles. The Balaban J connectivity index is 2.25. The topological polar surface area (TPSA) is 46.2 Å². The molecule has 0 spiro atoms. The van der Waals surface area contributed by atoms with Gasteiger partial charge in [-0.3, -0.25) is 0 Å². The second kappa shape index (κ2) is 6.67. The first-order valence-corrected chi connectivity index (χ1v) is 9.05. The van der Waals surface area contributed by atoms with Crippen molar-refractivity contribution < 1.29 is 8.42 Å². The average Bonchev–Trinajstić information content (AvgIpc) is 2.41. The summed E-state index contributed by atoms with van der Waals surface area (Å²) in [5.41, 5.74) is 0.739. The summed E-state index contributed by atoms with van der Waals surface area (Å²) in [6, 6.07) is 11.1. The highest BCUT2D eigenvalue weighted by molar-refractivity contribution is 9.10. The first kappa shape index (κ1) is 16.8. The van der Waals surface area contributed by atoms with Crippen molar-refractivity contribution in [3.05, 3.63) is 62.5 Å². The number of hydrogen-bond acceptors (Lipinski definition) is 2. The third-order valence-corrected chi connectivity index (χ3v) is 5.65. The molecule has 3 nitrogen and oxygen atoms in total. The van der Waals surface area contributed by atoms with E-state index in [-0.39, 0.29) is 4.90 Å². The van der Waals surface area contributed by atoms with Gasteiger partial charge in [0, 0.05) is 10.5 Å². The van der Waals surface area contributed by atoms with Gasteiger partial charge < -0.3 is 0 Å². The van der Waals surface area contributed by atoms with Gasteiger partial charge in [0.15, 0.2) is 0 Å². The van der Waals surface area contributed by atoms with Crippen molar-refractivity contribution in [3.63, 3.8) is 0 Å². The zero-order valence-corrected chi connectivity index (χ0v) is 14.9. The maximum atomic E-state index is 12.3. The minimum Gasteiger partial charge on any atom is -0.207 e. The predicted molar refractivity (Wildman–Crippen MR) is 89.3 cm³/mol. The molecule has 0 amide bonds. The molecule has 0 saturated heterocycles. The van der Waals surface area contributed by atoms with Crippen molar-refractivity contribution >= 4 is 49.2 Å². The van der Waals surface area contributed by atoms with Crippen LogP contribution in [0.3, 0.4) is 0 Å². The van der Waals surface area contributed by atoms with Crippen LogP contribution >= 0.6 is 39.1 Å². The quantitative estimate of drug-likeness (QED) is 0.789. The Labute approximate surface area is 142 Å². The van der Waals surface area contributed by atoms with E-state index < -0.39 is 16.1 Å². The Morgan fingerprint density at radius 1 is 1.10 bits per heavy atom. The van der Waals surface area contributed by atoms with E-state index in [0.29, 0.717) is 14.5 Å². The first-order valence-electron chi connectivity index (χ1n) is 6.02. The van der Waals surface area contributed by atoms with E-state index in [4.69, 9.17) is 23.2 Å². The molecule has 1 unspecified atom stereocenters. The molecule has 0 bridgehead atoms. The molecule has 1 N–H and O–H groups in total. The summed E-state index contributed by atoms with van der Waals surface area (Å²) in [5.74, 6) is 0. The summed E-state index contributed by atoms with van der Waals surface area (Å²) in [4.78, 5) is 0.198. The second-order valence-electron chi connectivity index (χ2n) is 4.47. The first-order chi connectivity index (χ1) is 9.79. The zero-order valence-electron chi connectivity index (χ0n) is 11.0. The molecular weight excluding hydrogens is 397 g/mol. The van der Waals surface area contributed by atoms with Crippen molar-refractivity contribution in [3.8, 4) is 0 Å². The largest absolute Gasteiger partial charge is 0.241 e. The van der Waals surface area contributed by atoms with Gasteiger partial charge in [-0.05, 0) is 42.8 Å². The fraction of sp³-hybridized carbons (Fsp3) is 0.143. The molecule has 0 aliphatic heterocycles. The van der Waals surface area contributed by atoms with Gasteiger partial charge in [-0.1, -0.05) is 51.3 Å². The van der Waals surface area contributed by atoms with Crippen LogP contribution in [0, 0.1) is 0 Å². The molecule has 112 valence electrons. The Morgan fingerprint density at radius 3 is 2.43 bits per heavy atom. The van der Waals surface area contributed by atoms with Crippen LogP contribution in [0.5, 0.6) is 0 Å². The molecular formula is C14H12BrCl2NO2S. The lowest BCUT2D eigenvalue weighted by molar-refractivity contribution is 0.567. The van der Waals surface area contributed by atoms with E-state index in [9.17, 15) is 8.42 Å². The Morgan fingerprint density at radius 2 is 1.81 bits per heavy atom. The number of sulfonamides is 1. The summed E-state index contributed by atoms with van der Waals surface area (Å²) in [6.07, 6.45) is 0. The van der Waals surface area contributed by atoms with Gasteiger partial charge in [-0.2, -0.15) is 0 Å². The van der Waals surface area contributed by atoms with E-state index in [1.54, 1.807) is 43.3 Å². The van der Waals surface area contributed by atoms with E-state index in [0.717, 1.165) is 5.56 Å². The predicted octanol–water partition coefficient (Wildman–Crippen LogP) is 4.80. The lowest BCUT2D eigenvalue weighted by Gasteiger charge is -2.15. The Hall–Kier alpha value is -0.590. The molecule has 21 heavy (non-hydrogen) atoms. The lowest BCUT2D eigenvalue weighted by Crippen LogP contribution is -2.26. The van der Waals surface area contributed by atoms with Crippen molar-refractivity contribution in [2.75, 3.05) is 0 Å². The van der Waals surface area contributed by atoms with Crippen LogP contribution in [0.4, 0.5) is 0 Å². The smallest absolute Gasteiger partial charge is 0.207 e. The third-order valence-electron chi connectivity index (χ3n) is 2.88. The molecule has 7 heteroatoms. The van der Waals surface area contributed by atoms with E-state index in [1.165, 1.54) is 6.07 Å². The third kappa shape index (κ3) is 4.20. The molecule has 0 aliphatic carbocycles. The molecule has 0 fully saturated rings. The van der Waals surface area contributed by atoms with Gasteiger partial charge in [0.2, 0.25) is 10.0 Å².